The molecule has 2 nitrogen and oxygen atoms in total. The molecular weight excluding hydrogens is 298 g/mol. The molecule has 1 heterocycles. The Kier molecular flexibility index (Phi) is 5.85. The molecule has 0 spiro atoms. The van der Waals surface area contributed by atoms with Gasteiger partial charge in [-0.05, 0) is 37.1 Å². The summed E-state index contributed by atoms with van der Waals surface area (Å²) in [5.74, 6) is 1.12. The first-order valence-corrected chi connectivity index (χ1v) is 7.82. The number of benzene rings is 1. The first kappa shape index (κ1) is 13.4. The maximum absolute atomic E-state index is 5.34. The average molecular weight is 316 g/mol. The van der Waals surface area contributed by atoms with Gasteiger partial charge < -0.3 is 10.1 Å². The molecule has 2 rings (SSSR count). The van der Waals surface area contributed by atoms with E-state index >= 15 is 0 Å². The number of rotatable bonds is 5. The van der Waals surface area contributed by atoms with Crippen LogP contribution in [0.3, 0.4) is 0 Å². The van der Waals surface area contributed by atoms with Crippen LogP contribution in [-0.2, 0) is 4.74 Å². The van der Waals surface area contributed by atoms with E-state index in [-0.39, 0.29) is 0 Å². The molecule has 1 N–H and O–H groups in total. The van der Waals surface area contributed by atoms with Gasteiger partial charge in [-0.1, -0.05) is 15.9 Å². The minimum absolute atomic E-state index is 0.661. The molecule has 1 aliphatic rings. The normalized spacial score (nSPS) is 17.2. The van der Waals surface area contributed by atoms with Crippen molar-refractivity contribution in [2.75, 3.05) is 25.5 Å². The van der Waals surface area contributed by atoms with Gasteiger partial charge in [-0.3, -0.25) is 0 Å². The molecule has 0 aromatic heterocycles. The minimum Gasteiger partial charge on any atom is -0.381 e. The van der Waals surface area contributed by atoms with Crippen LogP contribution in [0, 0.1) is 0 Å². The molecule has 1 aromatic carbocycles. The quantitative estimate of drug-likeness (QED) is 0.665. The molecule has 0 bridgehead atoms. The molecule has 94 valence electrons. The van der Waals surface area contributed by atoms with Crippen LogP contribution in [0.4, 0.5) is 0 Å². The van der Waals surface area contributed by atoms with Crippen molar-refractivity contribution >= 4 is 27.7 Å². The van der Waals surface area contributed by atoms with Gasteiger partial charge >= 0.3 is 0 Å². The monoisotopic (exact) mass is 315 g/mol. The lowest BCUT2D eigenvalue weighted by atomic mass is 10.1. The fourth-order valence-electron chi connectivity index (χ4n) is 1.86. The number of halogens is 1. The Morgan fingerprint density at radius 3 is 2.65 bits per heavy atom. The predicted molar refractivity (Wildman–Crippen MR) is 76.7 cm³/mol. The average Bonchev–Trinajstić information content (AvgIpc) is 2.38. The van der Waals surface area contributed by atoms with Gasteiger partial charge in [0.2, 0.25) is 0 Å². The number of thioether (sulfide) groups is 1. The second kappa shape index (κ2) is 7.41. The molecule has 1 fully saturated rings. The fourth-order valence-corrected chi connectivity index (χ4v) is 2.91. The van der Waals surface area contributed by atoms with Crippen LogP contribution in [0.1, 0.15) is 12.8 Å². The summed E-state index contributed by atoms with van der Waals surface area (Å²) >= 11 is 5.35. The Morgan fingerprint density at radius 2 is 1.94 bits per heavy atom. The van der Waals surface area contributed by atoms with Gasteiger partial charge in [-0.25, -0.2) is 0 Å². The van der Waals surface area contributed by atoms with E-state index in [0.29, 0.717) is 6.04 Å². The zero-order chi connectivity index (χ0) is 11.9. The van der Waals surface area contributed by atoms with Gasteiger partial charge in [0, 0.05) is 40.9 Å². The largest absolute Gasteiger partial charge is 0.381 e. The van der Waals surface area contributed by atoms with Crippen molar-refractivity contribution in [3.05, 3.63) is 28.7 Å². The van der Waals surface area contributed by atoms with E-state index in [1.165, 1.54) is 4.90 Å². The van der Waals surface area contributed by atoms with Crippen molar-refractivity contribution in [1.82, 2.24) is 5.32 Å². The Bertz CT molecular complexity index is 325. The summed E-state index contributed by atoms with van der Waals surface area (Å²) in [4.78, 5) is 1.34. The van der Waals surface area contributed by atoms with E-state index in [9.17, 15) is 0 Å². The molecule has 0 atom stereocenters. The lowest BCUT2D eigenvalue weighted by Gasteiger charge is -2.23. The van der Waals surface area contributed by atoms with E-state index in [1.807, 2.05) is 11.8 Å². The van der Waals surface area contributed by atoms with E-state index in [0.717, 1.165) is 42.8 Å². The highest BCUT2D eigenvalue weighted by Gasteiger charge is 2.11. The second-order valence-corrected chi connectivity index (χ2v) is 6.23. The van der Waals surface area contributed by atoms with E-state index in [4.69, 9.17) is 4.74 Å². The molecule has 17 heavy (non-hydrogen) atoms. The highest BCUT2D eigenvalue weighted by atomic mass is 79.9. The number of nitrogens with one attached hydrogen (secondary N) is 1. The van der Waals surface area contributed by atoms with Crippen LogP contribution >= 0.6 is 27.7 Å². The van der Waals surface area contributed by atoms with Gasteiger partial charge in [-0.2, -0.15) is 0 Å². The van der Waals surface area contributed by atoms with E-state index in [1.54, 1.807) is 0 Å². The predicted octanol–water partition coefficient (Wildman–Crippen LogP) is 3.31. The van der Waals surface area contributed by atoms with Gasteiger partial charge in [0.1, 0.15) is 0 Å². The van der Waals surface area contributed by atoms with Crippen LogP contribution in [0.2, 0.25) is 0 Å². The topological polar surface area (TPSA) is 21.3 Å². The molecular formula is C13H18BrNOS. The molecule has 0 aliphatic carbocycles. The molecule has 1 aliphatic heterocycles. The summed E-state index contributed by atoms with van der Waals surface area (Å²) in [7, 11) is 0. The van der Waals surface area contributed by atoms with Gasteiger partial charge in [0.05, 0.1) is 0 Å². The lowest BCUT2D eigenvalue weighted by Crippen LogP contribution is -2.35. The third-order valence-electron chi connectivity index (χ3n) is 2.84. The van der Waals surface area contributed by atoms with Crippen LogP contribution in [0.15, 0.2) is 33.6 Å². The Hall–Kier alpha value is -0.0300. The fraction of sp³-hybridized carbons (Fsp3) is 0.538. The van der Waals surface area contributed by atoms with Gasteiger partial charge in [0.15, 0.2) is 0 Å². The van der Waals surface area contributed by atoms with Crippen molar-refractivity contribution in [2.24, 2.45) is 0 Å². The highest BCUT2D eigenvalue weighted by Crippen LogP contribution is 2.20. The smallest absolute Gasteiger partial charge is 0.0480 e. The van der Waals surface area contributed by atoms with Crippen LogP contribution in [0.25, 0.3) is 0 Å². The first-order chi connectivity index (χ1) is 8.34. The second-order valence-electron chi connectivity index (χ2n) is 4.14. The summed E-state index contributed by atoms with van der Waals surface area (Å²) in [6.45, 7) is 2.90. The van der Waals surface area contributed by atoms with E-state index in [2.05, 4.69) is 45.5 Å². The summed E-state index contributed by atoms with van der Waals surface area (Å²) in [6.07, 6.45) is 2.31. The van der Waals surface area contributed by atoms with Crippen molar-refractivity contribution in [3.63, 3.8) is 0 Å². The summed E-state index contributed by atoms with van der Waals surface area (Å²) < 4.78 is 6.48. The minimum atomic E-state index is 0.661. The van der Waals surface area contributed by atoms with Crippen molar-refractivity contribution in [2.45, 2.75) is 23.8 Å². The Morgan fingerprint density at radius 1 is 1.24 bits per heavy atom. The lowest BCUT2D eigenvalue weighted by molar-refractivity contribution is 0.0786. The zero-order valence-corrected chi connectivity index (χ0v) is 12.2. The molecule has 0 radical (unpaired) electrons. The van der Waals surface area contributed by atoms with Crippen molar-refractivity contribution in [1.29, 1.82) is 0 Å². The zero-order valence-electron chi connectivity index (χ0n) is 9.82. The summed E-state index contributed by atoms with van der Waals surface area (Å²) in [5, 5.41) is 3.59. The Labute approximate surface area is 116 Å². The molecule has 0 amide bonds. The third kappa shape index (κ3) is 5.00. The number of hydrogen-bond acceptors (Lipinski definition) is 3. The Balaban J connectivity index is 1.60. The number of ether oxygens (including phenoxy) is 1. The van der Waals surface area contributed by atoms with E-state index < -0.39 is 0 Å². The summed E-state index contributed by atoms with van der Waals surface area (Å²) in [6, 6.07) is 9.16. The number of hydrogen-bond donors (Lipinski definition) is 1. The van der Waals surface area contributed by atoms with Crippen LogP contribution < -0.4 is 5.32 Å². The van der Waals surface area contributed by atoms with Gasteiger partial charge in [0.25, 0.3) is 0 Å². The molecule has 4 heteroatoms. The van der Waals surface area contributed by atoms with Crippen LogP contribution in [-0.4, -0.2) is 31.6 Å². The first-order valence-electron chi connectivity index (χ1n) is 6.04. The summed E-state index contributed by atoms with van der Waals surface area (Å²) in [5.41, 5.74) is 0. The molecule has 1 aromatic rings. The molecule has 0 unspecified atom stereocenters. The van der Waals surface area contributed by atoms with Crippen molar-refractivity contribution < 1.29 is 4.74 Å². The van der Waals surface area contributed by atoms with Gasteiger partial charge in [-0.15, -0.1) is 11.8 Å². The highest BCUT2D eigenvalue weighted by molar-refractivity contribution is 9.10. The maximum Gasteiger partial charge on any atom is 0.0480 e. The molecule has 0 saturated carbocycles. The maximum atomic E-state index is 5.34. The SMILES string of the molecule is Brc1ccc(SCCNC2CCOCC2)cc1. The molecule has 1 saturated heterocycles. The third-order valence-corrected chi connectivity index (χ3v) is 4.38. The van der Waals surface area contributed by atoms with Crippen molar-refractivity contribution in [3.8, 4) is 0 Å². The van der Waals surface area contributed by atoms with Crippen LogP contribution in [0.5, 0.6) is 0 Å². The standard InChI is InChI=1S/C13H18BrNOS/c14-11-1-3-13(4-2-11)17-10-7-15-12-5-8-16-9-6-12/h1-4,12,15H,5-10H2.